The van der Waals surface area contributed by atoms with E-state index in [1.807, 2.05) is 37.3 Å². The smallest absolute Gasteiger partial charge is 0.226 e. The minimum Gasteiger partial charge on any atom is -0.477 e. The zero-order valence-corrected chi connectivity index (χ0v) is 12.9. The summed E-state index contributed by atoms with van der Waals surface area (Å²) in [6.45, 7) is 4.61. The number of unbranched alkanes of at least 4 members (excludes halogenated alkanes) is 1. The molecule has 0 saturated heterocycles. The van der Waals surface area contributed by atoms with Gasteiger partial charge in [-0.1, -0.05) is 36.7 Å². The van der Waals surface area contributed by atoms with Gasteiger partial charge in [-0.2, -0.15) is 4.98 Å². The van der Waals surface area contributed by atoms with Gasteiger partial charge in [-0.3, -0.25) is 0 Å². The number of ether oxygens (including phenoxy) is 1. The predicted molar refractivity (Wildman–Crippen MR) is 84.8 cm³/mol. The first-order valence-electron chi connectivity index (χ1n) is 7.67. The van der Waals surface area contributed by atoms with Crippen LogP contribution in [0.25, 0.3) is 22.3 Å². The van der Waals surface area contributed by atoms with Gasteiger partial charge in [0, 0.05) is 11.8 Å². The van der Waals surface area contributed by atoms with E-state index in [2.05, 4.69) is 22.0 Å². The molecule has 0 amide bonds. The summed E-state index contributed by atoms with van der Waals surface area (Å²) in [6, 6.07) is 9.92. The zero-order chi connectivity index (χ0) is 15.4. The maximum absolute atomic E-state index is 5.66. The van der Waals surface area contributed by atoms with Crippen molar-refractivity contribution in [1.82, 2.24) is 15.1 Å². The molecule has 22 heavy (non-hydrogen) atoms. The first-order chi connectivity index (χ1) is 10.8. The molecule has 0 aliphatic heterocycles. The van der Waals surface area contributed by atoms with Crippen LogP contribution in [0.3, 0.4) is 0 Å². The lowest BCUT2D eigenvalue weighted by molar-refractivity contribution is 0.329. The van der Waals surface area contributed by atoms with Crippen LogP contribution in [-0.2, 0) is 6.42 Å². The molecule has 0 radical (unpaired) electrons. The van der Waals surface area contributed by atoms with Gasteiger partial charge in [0.1, 0.15) is 0 Å². The van der Waals surface area contributed by atoms with Crippen LogP contribution in [0, 0.1) is 0 Å². The molecule has 0 fully saturated rings. The van der Waals surface area contributed by atoms with Crippen LogP contribution >= 0.6 is 0 Å². The van der Waals surface area contributed by atoms with E-state index in [-0.39, 0.29) is 0 Å². The number of aromatic nitrogens is 3. The molecule has 5 heteroatoms. The molecular weight excluding hydrogens is 278 g/mol. The summed E-state index contributed by atoms with van der Waals surface area (Å²) in [4.78, 5) is 9.04. The SMILES string of the molecule is CCCCc1nc(-c2cc3ccccc3nc2OCC)no1. The van der Waals surface area contributed by atoms with Crippen molar-refractivity contribution in [2.75, 3.05) is 6.61 Å². The second-order valence-electron chi connectivity index (χ2n) is 5.08. The molecular formula is C17H19N3O2. The van der Waals surface area contributed by atoms with Crippen LogP contribution < -0.4 is 4.74 Å². The second-order valence-corrected chi connectivity index (χ2v) is 5.08. The molecule has 0 aliphatic carbocycles. The minimum atomic E-state index is 0.535. The molecule has 0 N–H and O–H groups in total. The average molecular weight is 297 g/mol. The maximum Gasteiger partial charge on any atom is 0.226 e. The molecule has 0 spiro atoms. The molecule has 0 bridgehead atoms. The molecule has 3 aromatic rings. The van der Waals surface area contributed by atoms with E-state index in [0.717, 1.165) is 35.7 Å². The highest BCUT2D eigenvalue weighted by atomic mass is 16.5. The highest BCUT2D eigenvalue weighted by Gasteiger charge is 2.16. The van der Waals surface area contributed by atoms with Crippen LogP contribution in [0.4, 0.5) is 0 Å². The van der Waals surface area contributed by atoms with Crippen molar-refractivity contribution >= 4 is 10.9 Å². The molecule has 5 nitrogen and oxygen atoms in total. The van der Waals surface area contributed by atoms with Gasteiger partial charge in [-0.25, -0.2) is 4.98 Å². The lowest BCUT2D eigenvalue weighted by Gasteiger charge is -2.08. The number of pyridine rings is 1. The minimum absolute atomic E-state index is 0.535. The second kappa shape index (κ2) is 6.56. The van der Waals surface area contributed by atoms with Gasteiger partial charge in [0.2, 0.25) is 17.6 Å². The number of benzene rings is 1. The molecule has 3 rings (SSSR count). The summed E-state index contributed by atoms with van der Waals surface area (Å²) in [5.41, 5.74) is 1.66. The maximum atomic E-state index is 5.66. The Morgan fingerprint density at radius 1 is 1.14 bits per heavy atom. The van der Waals surface area contributed by atoms with Gasteiger partial charge in [0.25, 0.3) is 0 Å². The summed E-state index contributed by atoms with van der Waals surface area (Å²) >= 11 is 0. The number of rotatable bonds is 6. The Kier molecular flexibility index (Phi) is 4.32. The lowest BCUT2D eigenvalue weighted by atomic mass is 10.1. The Morgan fingerprint density at radius 3 is 2.82 bits per heavy atom. The monoisotopic (exact) mass is 297 g/mol. The molecule has 0 aliphatic rings. The van der Waals surface area contributed by atoms with Crippen molar-refractivity contribution in [2.45, 2.75) is 33.1 Å². The van der Waals surface area contributed by atoms with Gasteiger partial charge >= 0.3 is 0 Å². The zero-order valence-electron chi connectivity index (χ0n) is 12.9. The van der Waals surface area contributed by atoms with Crippen LogP contribution in [0.15, 0.2) is 34.9 Å². The summed E-state index contributed by atoms with van der Waals surface area (Å²) in [6.07, 6.45) is 2.93. The summed E-state index contributed by atoms with van der Waals surface area (Å²) in [5, 5.41) is 5.11. The van der Waals surface area contributed by atoms with E-state index in [9.17, 15) is 0 Å². The predicted octanol–water partition coefficient (Wildman–Crippen LogP) is 4.03. The average Bonchev–Trinajstić information content (AvgIpc) is 3.01. The quantitative estimate of drug-likeness (QED) is 0.687. The van der Waals surface area contributed by atoms with Crippen molar-refractivity contribution < 1.29 is 9.26 Å². The molecule has 0 saturated carbocycles. The number of nitrogens with zero attached hydrogens (tertiary/aromatic N) is 3. The molecule has 0 unspecified atom stereocenters. The number of para-hydroxylation sites is 1. The van der Waals surface area contributed by atoms with E-state index >= 15 is 0 Å². The Morgan fingerprint density at radius 2 is 2.00 bits per heavy atom. The summed E-state index contributed by atoms with van der Waals surface area (Å²) in [7, 11) is 0. The van der Waals surface area contributed by atoms with Gasteiger partial charge in [-0.05, 0) is 25.5 Å². The van der Waals surface area contributed by atoms with E-state index < -0.39 is 0 Å². The van der Waals surface area contributed by atoms with Gasteiger partial charge < -0.3 is 9.26 Å². The Bertz CT molecular complexity index is 767. The highest BCUT2D eigenvalue weighted by Crippen LogP contribution is 2.30. The van der Waals surface area contributed by atoms with Crippen LogP contribution in [-0.4, -0.2) is 21.7 Å². The van der Waals surface area contributed by atoms with Crippen molar-refractivity contribution in [1.29, 1.82) is 0 Å². The topological polar surface area (TPSA) is 61.0 Å². The lowest BCUT2D eigenvalue weighted by Crippen LogP contribution is -1.98. The first-order valence-corrected chi connectivity index (χ1v) is 7.67. The molecule has 0 atom stereocenters. The van der Waals surface area contributed by atoms with Crippen LogP contribution in [0.2, 0.25) is 0 Å². The van der Waals surface area contributed by atoms with Gasteiger partial charge in [0.05, 0.1) is 17.7 Å². The van der Waals surface area contributed by atoms with E-state index in [0.29, 0.717) is 24.2 Å². The fourth-order valence-electron chi connectivity index (χ4n) is 2.30. The van der Waals surface area contributed by atoms with Crippen LogP contribution in [0.1, 0.15) is 32.6 Å². The number of aryl methyl sites for hydroxylation is 1. The molecule has 2 heterocycles. The molecule has 2 aromatic heterocycles. The molecule has 114 valence electrons. The first kappa shape index (κ1) is 14.5. The third-order valence-electron chi connectivity index (χ3n) is 3.42. The summed E-state index contributed by atoms with van der Waals surface area (Å²) < 4.78 is 11.0. The van der Waals surface area contributed by atoms with E-state index in [1.54, 1.807) is 0 Å². The summed E-state index contributed by atoms with van der Waals surface area (Å²) in [5.74, 6) is 1.74. The molecule has 1 aromatic carbocycles. The highest BCUT2D eigenvalue weighted by molar-refractivity contribution is 5.84. The van der Waals surface area contributed by atoms with Crippen molar-refractivity contribution in [3.05, 3.63) is 36.2 Å². The van der Waals surface area contributed by atoms with E-state index in [1.165, 1.54) is 0 Å². The standard InChI is InChI=1S/C17H19N3O2/c1-3-5-10-15-19-16(20-22-15)13-11-12-8-6-7-9-14(12)18-17(13)21-4-2/h6-9,11H,3-5,10H2,1-2H3. The Hall–Kier alpha value is -2.43. The Labute approximate surface area is 129 Å². The van der Waals surface area contributed by atoms with Gasteiger partial charge in [-0.15, -0.1) is 0 Å². The normalized spacial score (nSPS) is 11.0. The van der Waals surface area contributed by atoms with Crippen molar-refractivity contribution in [2.24, 2.45) is 0 Å². The van der Waals surface area contributed by atoms with Crippen molar-refractivity contribution in [3.63, 3.8) is 0 Å². The Balaban J connectivity index is 2.03. The van der Waals surface area contributed by atoms with Crippen LogP contribution in [0.5, 0.6) is 5.88 Å². The number of hydrogen-bond acceptors (Lipinski definition) is 5. The fraction of sp³-hybridized carbons (Fsp3) is 0.353. The van der Waals surface area contributed by atoms with Gasteiger partial charge in [0.15, 0.2) is 0 Å². The third kappa shape index (κ3) is 2.93. The number of hydrogen-bond donors (Lipinski definition) is 0. The third-order valence-corrected chi connectivity index (χ3v) is 3.42. The fourth-order valence-corrected chi connectivity index (χ4v) is 2.30. The van der Waals surface area contributed by atoms with Crippen molar-refractivity contribution in [3.8, 4) is 17.3 Å². The van der Waals surface area contributed by atoms with E-state index in [4.69, 9.17) is 9.26 Å². The largest absolute Gasteiger partial charge is 0.477 e. The number of fused-ring (bicyclic) bond motifs is 1.